The Bertz CT molecular complexity index is 450. The van der Waals surface area contributed by atoms with Crippen LogP contribution in [0.2, 0.25) is 0 Å². The van der Waals surface area contributed by atoms with Crippen LogP contribution < -0.4 is 4.74 Å². The van der Waals surface area contributed by atoms with Gasteiger partial charge in [-0.2, -0.15) is 0 Å². The van der Waals surface area contributed by atoms with E-state index >= 15 is 0 Å². The Morgan fingerprint density at radius 1 is 1.63 bits per heavy atom. The summed E-state index contributed by atoms with van der Waals surface area (Å²) in [5.41, 5.74) is 0.531. The molecule has 1 saturated heterocycles. The molecule has 0 aromatic carbocycles. The van der Waals surface area contributed by atoms with E-state index in [0.29, 0.717) is 30.8 Å². The van der Waals surface area contributed by atoms with Crippen LogP contribution in [0, 0.1) is 5.92 Å². The van der Waals surface area contributed by atoms with Crippen LogP contribution in [0.5, 0.6) is 5.75 Å². The minimum atomic E-state index is -0.298. The standard InChI is InChI=1S/C14H20N2O3/c1-3-10-9-16(7-5-12(10)17)14(18)11-4-6-15-8-13(11)19-2/h4,6,8,10,12,17H,3,5,7,9H2,1-2H3. The molecule has 2 unspecified atom stereocenters. The number of aromatic nitrogens is 1. The highest BCUT2D eigenvalue weighted by Crippen LogP contribution is 2.24. The van der Waals surface area contributed by atoms with Crippen molar-refractivity contribution in [2.75, 3.05) is 20.2 Å². The number of methoxy groups -OCH3 is 1. The van der Waals surface area contributed by atoms with Gasteiger partial charge in [0.25, 0.3) is 5.91 Å². The average Bonchev–Trinajstić information content (AvgIpc) is 2.47. The summed E-state index contributed by atoms with van der Waals surface area (Å²) in [5, 5.41) is 9.87. The minimum absolute atomic E-state index is 0.0513. The Morgan fingerprint density at radius 2 is 2.42 bits per heavy atom. The maximum Gasteiger partial charge on any atom is 0.257 e. The summed E-state index contributed by atoms with van der Waals surface area (Å²) in [6, 6.07) is 1.67. The molecule has 2 heterocycles. The first-order chi connectivity index (χ1) is 9.17. The molecule has 2 atom stereocenters. The van der Waals surface area contributed by atoms with Crippen LogP contribution in [0.4, 0.5) is 0 Å². The lowest BCUT2D eigenvalue weighted by molar-refractivity contribution is 0.0227. The van der Waals surface area contributed by atoms with Crippen molar-refractivity contribution in [1.82, 2.24) is 9.88 Å². The maximum atomic E-state index is 12.5. The number of nitrogens with zero attached hydrogens (tertiary/aromatic N) is 2. The topological polar surface area (TPSA) is 62.7 Å². The second kappa shape index (κ2) is 6.02. The molecule has 1 N–H and O–H groups in total. The fraction of sp³-hybridized carbons (Fsp3) is 0.571. The minimum Gasteiger partial charge on any atom is -0.494 e. The van der Waals surface area contributed by atoms with Crippen LogP contribution in [-0.4, -0.2) is 47.2 Å². The number of ether oxygens (including phenoxy) is 1. The average molecular weight is 264 g/mol. The maximum absolute atomic E-state index is 12.5. The van der Waals surface area contributed by atoms with Crippen molar-refractivity contribution in [3.63, 3.8) is 0 Å². The number of aliphatic hydroxyl groups is 1. The van der Waals surface area contributed by atoms with Gasteiger partial charge in [-0.15, -0.1) is 0 Å². The monoisotopic (exact) mass is 264 g/mol. The van der Waals surface area contributed by atoms with Gasteiger partial charge in [-0.05, 0) is 18.9 Å². The van der Waals surface area contributed by atoms with Crippen LogP contribution >= 0.6 is 0 Å². The third kappa shape index (κ3) is 2.87. The van der Waals surface area contributed by atoms with Crippen molar-refractivity contribution >= 4 is 5.91 Å². The number of carbonyl (C=O) groups excluding carboxylic acids is 1. The molecule has 1 fully saturated rings. The molecule has 0 spiro atoms. The van der Waals surface area contributed by atoms with E-state index in [1.807, 2.05) is 6.92 Å². The fourth-order valence-corrected chi connectivity index (χ4v) is 2.50. The van der Waals surface area contributed by atoms with E-state index in [1.165, 1.54) is 7.11 Å². The number of amides is 1. The molecule has 5 heteroatoms. The second-order valence-electron chi connectivity index (χ2n) is 4.85. The molecular formula is C14H20N2O3. The molecule has 1 aliphatic rings. The van der Waals surface area contributed by atoms with E-state index in [-0.39, 0.29) is 17.9 Å². The first-order valence-corrected chi connectivity index (χ1v) is 6.62. The molecule has 1 aliphatic heterocycles. The molecule has 1 aromatic rings. The fourth-order valence-electron chi connectivity index (χ4n) is 2.50. The Kier molecular flexibility index (Phi) is 4.37. The summed E-state index contributed by atoms with van der Waals surface area (Å²) in [6.07, 6.45) is 4.35. The second-order valence-corrected chi connectivity index (χ2v) is 4.85. The zero-order chi connectivity index (χ0) is 13.8. The molecule has 19 heavy (non-hydrogen) atoms. The van der Waals surface area contributed by atoms with Gasteiger partial charge in [0, 0.05) is 25.2 Å². The number of hydrogen-bond donors (Lipinski definition) is 1. The van der Waals surface area contributed by atoms with Crippen molar-refractivity contribution < 1.29 is 14.6 Å². The van der Waals surface area contributed by atoms with Crippen LogP contribution in [0.3, 0.4) is 0 Å². The highest BCUT2D eigenvalue weighted by molar-refractivity contribution is 5.96. The van der Waals surface area contributed by atoms with Gasteiger partial charge in [0.05, 0.1) is 25.0 Å². The summed E-state index contributed by atoms with van der Waals surface area (Å²) in [7, 11) is 1.53. The quantitative estimate of drug-likeness (QED) is 0.894. The molecule has 0 radical (unpaired) electrons. The SMILES string of the molecule is CCC1CN(C(=O)c2ccncc2OC)CCC1O. The van der Waals surface area contributed by atoms with E-state index in [9.17, 15) is 9.90 Å². The van der Waals surface area contributed by atoms with E-state index in [2.05, 4.69) is 4.98 Å². The molecule has 0 aliphatic carbocycles. The van der Waals surface area contributed by atoms with Crippen molar-refractivity contribution in [2.45, 2.75) is 25.9 Å². The van der Waals surface area contributed by atoms with Crippen LogP contribution in [0.15, 0.2) is 18.5 Å². The van der Waals surface area contributed by atoms with Gasteiger partial charge >= 0.3 is 0 Å². The number of pyridine rings is 1. The van der Waals surface area contributed by atoms with E-state index in [1.54, 1.807) is 23.4 Å². The van der Waals surface area contributed by atoms with E-state index in [4.69, 9.17) is 4.74 Å². The third-order valence-corrected chi connectivity index (χ3v) is 3.74. The smallest absolute Gasteiger partial charge is 0.257 e. The molecule has 1 aromatic heterocycles. The highest BCUT2D eigenvalue weighted by Gasteiger charge is 2.30. The lowest BCUT2D eigenvalue weighted by Gasteiger charge is -2.36. The number of carbonyl (C=O) groups is 1. The number of piperidine rings is 1. The van der Waals surface area contributed by atoms with Gasteiger partial charge in [-0.25, -0.2) is 0 Å². The summed E-state index contributed by atoms with van der Waals surface area (Å²) in [5.74, 6) is 0.599. The van der Waals surface area contributed by atoms with Gasteiger partial charge < -0.3 is 14.7 Å². The molecule has 2 rings (SSSR count). The molecule has 0 saturated carbocycles. The lowest BCUT2D eigenvalue weighted by atomic mass is 9.92. The molecular weight excluding hydrogens is 244 g/mol. The Labute approximate surface area is 113 Å². The zero-order valence-corrected chi connectivity index (χ0v) is 11.4. The summed E-state index contributed by atoms with van der Waals surface area (Å²) in [6.45, 7) is 3.22. The van der Waals surface area contributed by atoms with Crippen molar-refractivity contribution in [1.29, 1.82) is 0 Å². The number of aliphatic hydroxyl groups excluding tert-OH is 1. The van der Waals surface area contributed by atoms with Gasteiger partial charge in [0.1, 0.15) is 5.75 Å². The largest absolute Gasteiger partial charge is 0.494 e. The van der Waals surface area contributed by atoms with Crippen LogP contribution in [0.1, 0.15) is 30.1 Å². The first-order valence-electron chi connectivity index (χ1n) is 6.62. The Morgan fingerprint density at radius 3 is 3.11 bits per heavy atom. The summed E-state index contributed by atoms with van der Waals surface area (Å²) in [4.78, 5) is 18.2. The molecule has 104 valence electrons. The van der Waals surface area contributed by atoms with E-state index in [0.717, 1.165) is 6.42 Å². The molecule has 5 nitrogen and oxygen atoms in total. The van der Waals surface area contributed by atoms with Gasteiger partial charge in [-0.1, -0.05) is 6.92 Å². The van der Waals surface area contributed by atoms with Crippen LogP contribution in [0.25, 0.3) is 0 Å². The van der Waals surface area contributed by atoms with Crippen LogP contribution in [-0.2, 0) is 0 Å². The van der Waals surface area contributed by atoms with Gasteiger partial charge in [0.2, 0.25) is 0 Å². The lowest BCUT2D eigenvalue weighted by Crippen LogP contribution is -2.45. The molecule has 0 bridgehead atoms. The normalized spacial score (nSPS) is 23.2. The summed E-state index contributed by atoms with van der Waals surface area (Å²) < 4.78 is 5.17. The van der Waals surface area contributed by atoms with Crippen molar-refractivity contribution in [3.8, 4) is 5.75 Å². The first kappa shape index (κ1) is 13.8. The van der Waals surface area contributed by atoms with Crippen molar-refractivity contribution in [3.05, 3.63) is 24.0 Å². The zero-order valence-electron chi connectivity index (χ0n) is 11.4. The Hall–Kier alpha value is -1.62. The Balaban J connectivity index is 2.15. The third-order valence-electron chi connectivity index (χ3n) is 3.74. The van der Waals surface area contributed by atoms with Crippen molar-refractivity contribution in [2.24, 2.45) is 5.92 Å². The molecule has 1 amide bonds. The number of hydrogen-bond acceptors (Lipinski definition) is 4. The highest BCUT2D eigenvalue weighted by atomic mass is 16.5. The number of likely N-dealkylation sites (tertiary alicyclic amines) is 1. The van der Waals surface area contributed by atoms with E-state index < -0.39 is 0 Å². The van der Waals surface area contributed by atoms with Gasteiger partial charge in [0.15, 0.2) is 0 Å². The van der Waals surface area contributed by atoms with Gasteiger partial charge in [-0.3, -0.25) is 9.78 Å². The predicted octanol–water partition coefficient (Wildman–Crippen LogP) is 1.32. The number of rotatable bonds is 3. The summed E-state index contributed by atoms with van der Waals surface area (Å²) >= 11 is 0. The predicted molar refractivity (Wildman–Crippen MR) is 71.1 cm³/mol.